The molecular weight excluding hydrogens is 228 g/mol. The Balaban J connectivity index is 0.000000637. The standard InChI is InChI=1S/C17H30.C2H6/c1-11-4-5-14-9-16-8-12(2)6-13(3)17(16)10-15(14)7-11;1-2/h11-17H,4-10H2,1-3H3;1-2H3. The van der Waals surface area contributed by atoms with Gasteiger partial charge in [0.15, 0.2) is 0 Å². The Kier molecular flexibility index (Phi) is 5.37. The fourth-order valence-electron chi connectivity index (χ4n) is 5.66. The van der Waals surface area contributed by atoms with Crippen molar-refractivity contribution < 1.29 is 0 Å². The van der Waals surface area contributed by atoms with Crippen LogP contribution in [-0.4, -0.2) is 0 Å². The van der Waals surface area contributed by atoms with Crippen LogP contribution in [0.25, 0.3) is 0 Å². The Hall–Kier alpha value is 0. The third-order valence-corrected chi connectivity index (χ3v) is 6.40. The zero-order valence-corrected chi connectivity index (χ0v) is 14.0. The average molecular weight is 264 g/mol. The first-order valence-electron chi connectivity index (χ1n) is 9.13. The second-order valence-electron chi connectivity index (χ2n) is 7.89. The van der Waals surface area contributed by atoms with Crippen LogP contribution in [0.15, 0.2) is 0 Å². The molecule has 3 rings (SSSR count). The normalized spacial score (nSPS) is 49.4. The summed E-state index contributed by atoms with van der Waals surface area (Å²) < 4.78 is 0. The molecule has 3 saturated carbocycles. The van der Waals surface area contributed by atoms with Crippen LogP contribution in [-0.2, 0) is 0 Å². The molecule has 0 nitrogen and oxygen atoms in total. The van der Waals surface area contributed by atoms with E-state index >= 15 is 0 Å². The van der Waals surface area contributed by atoms with Gasteiger partial charge in [-0.1, -0.05) is 41.0 Å². The van der Waals surface area contributed by atoms with Crippen LogP contribution in [0, 0.1) is 41.4 Å². The van der Waals surface area contributed by atoms with Crippen molar-refractivity contribution in [1.29, 1.82) is 0 Å². The average Bonchev–Trinajstić information content (AvgIpc) is 2.39. The molecule has 7 unspecified atom stereocenters. The quantitative estimate of drug-likeness (QED) is 0.491. The maximum Gasteiger partial charge on any atom is -0.0357 e. The number of fused-ring (bicyclic) bond motifs is 2. The van der Waals surface area contributed by atoms with Gasteiger partial charge in [-0.2, -0.15) is 0 Å². The van der Waals surface area contributed by atoms with Gasteiger partial charge in [0.05, 0.1) is 0 Å². The second kappa shape index (κ2) is 6.64. The highest BCUT2D eigenvalue weighted by Crippen LogP contribution is 2.53. The lowest BCUT2D eigenvalue weighted by molar-refractivity contribution is -0.00243. The molecule has 0 bridgehead atoms. The first kappa shape index (κ1) is 15.4. The minimum absolute atomic E-state index is 1.00. The maximum atomic E-state index is 2.54. The fraction of sp³-hybridized carbons (Fsp3) is 1.00. The van der Waals surface area contributed by atoms with Gasteiger partial charge in [0.25, 0.3) is 0 Å². The molecule has 3 fully saturated rings. The molecule has 3 aliphatic carbocycles. The Morgan fingerprint density at radius 3 is 2.00 bits per heavy atom. The summed E-state index contributed by atoms with van der Waals surface area (Å²) in [6, 6.07) is 0. The molecule has 112 valence electrons. The van der Waals surface area contributed by atoms with E-state index in [4.69, 9.17) is 0 Å². The fourth-order valence-corrected chi connectivity index (χ4v) is 5.66. The van der Waals surface area contributed by atoms with Crippen LogP contribution < -0.4 is 0 Å². The Morgan fingerprint density at radius 2 is 1.26 bits per heavy atom. The summed E-state index contributed by atoms with van der Waals surface area (Å²) in [7, 11) is 0. The van der Waals surface area contributed by atoms with Crippen molar-refractivity contribution in [2.45, 2.75) is 79.6 Å². The molecule has 0 saturated heterocycles. The predicted molar refractivity (Wildman–Crippen MR) is 85.1 cm³/mol. The molecule has 0 N–H and O–H groups in total. The Bertz CT molecular complexity index is 269. The van der Waals surface area contributed by atoms with E-state index in [0.29, 0.717) is 0 Å². The molecule has 0 amide bonds. The van der Waals surface area contributed by atoms with E-state index in [1.165, 1.54) is 12.8 Å². The molecule has 0 spiro atoms. The zero-order chi connectivity index (χ0) is 14.0. The maximum absolute atomic E-state index is 2.54. The van der Waals surface area contributed by atoms with Gasteiger partial charge in [-0.15, -0.1) is 0 Å². The summed E-state index contributed by atoms with van der Waals surface area (Å²) >= 11 is 0. The van der Waals surface area contributed by atoms with Gasteiger partial charge in [0.1, 0.15) is 0 Å². The van der Waals surface area contributed by atoms with Gasteiger partial charge in [-0.25, -0.2) is 0 Å². The molecule has 0 aromatic carbocycles. The van der Waals surface area contributed by atoms with E-state index in [-0.39, 0.29) is 0 Å². The zero-order valence-electron chi connectivity index (χ0n) is 14.0. The lowest BCUT2D eigenvalue weighted by Gasteiger charge is -2.50. The van der Waals surface area contributed by atoms with Crippen molar-refractivity contribution in [3.8, 4) is 0 Å². The first-order valence-corrected chi connectivity index (χ1v) is 9.13. The van der Waals surface area contributed by atoms with E-state index in [1.807, 2.05) is 13.8 Å². The molecule has 0 aromatic heterocycles. The van der Waals surface area contributed by atoms with Crippen LogP contribution in [0.1, 0.15) is 79.6 Å². The summed E-state index contributed by atoms with van der Waals surface area (Å²) in [5.74, 6) is 7.46. The molecule has 19 heavy (non-hydrogen) atoms. The third-order valence-electron chi connectivity index (χ3n) is 6.40. The van der Waals surface area contributed by atoms with Crippen LogP contribution in [0.2, 0.25) is 0 Å². The van der Waals surface area contributed by atoms with Crippen molar-refractivity contribution in [2.24, 2.45) is 41.4 Å². The smallest absolute Gasteiger partial charge is 0.0357 e. The first-order chi connectivity index (χ1) is 9.13. The largest absolute Gasteiger partial charge is 0.0683 e. The van der Waals surface area contributed by atoms with E-state index < -0.39 is 0 Å². The van der Waals surface area contributed by atoms with Crippen LogP contribution in [0.5, 0.6) is 0 Å². The lowest BCUT2D eigenvalue weighted by atomic mass is 9.55. The molecule has 7 atom stereocenters. The third kappa shape index (κ3) is 3.37. The van der Waals surface area contributed by atoms with Gasteiger partial charge in [0, 0.05) is 0 Å². The van der Waals surface area contributed by atoms with Crippen molar-refractivity contribution in [1.82, 2.24) is 0 Å². The van der Waals surface area contributed by atoms with E-state index in [2.05, 4.69) is 20.8 Å². The summed E-state index contributed by atoms with van der Waals surface area (Å²) in [5.41, 5.74) is 0. The Morgan fingerprint density at radius 1 is 0.579 bits per heavy atom. The van der Waals surface area contributed by atoms with Crippen molar-refractivity contribution in [3.05, 3.63) is 0 Å². The van der Waals surface area contributed by atoms with Gasteiger partial charge in [0.2, 0.25) is 0 Å². The number of rotatable bonds is 0. The van der Waals surface area contributed by atoms with Crippen molar-refractivity contribution >= 4 is 0 Å². The molecule has 0 aliphatic heterocycles. The van der Waals surface area contributed by atoms with Crippen LogP contribution >= 0.6 is 0 Å². The van der Waals surface area contributed by atoms with Crippen LogP contribution in [0.4, 0.5) is 0 Å². The molecule has 0 heterocycles. The molecular formula is C19H36. The molecule has 0 heteroatoms. The lowest BCUT2D eigenvalue weighted by Crippen LogP contribution is -2.41. The topological polar surface area (TPSA) is 0 Å². The number of hydrogen-bond donors (Lipinski definition) is 0. The Labute approximate surface area is 121 Å². The minimum atomic E-state index is 1.00. The van der Waals surface area contributed by atoms with E-state index in [1.54, 1.807) is 32.1 Å². The molecule has 0 aromatic rings. The highest BCUT2D eigenvalue weighted by Gasteiger charge is 2.43. The minimum Gasteiger partial charge on any atom is -0.0683 e. The number of hydrogen-bond acceptors (Lipinski definition) is 0. The highest BCUT2D eigenvalue weighted by molar-refractivity contribution is 4.93. The van der Waals surface area contributed by atoms with Gasteiger partial charge < -0.3 is 0 Å². The van der Waals surface area contributed by atoms with Gasteiger partial charge in [-0.3, -0.25) is 0 Å². The van der Waals surface area contributed by atoms with Gasteiger partial charge >= 0.3 is 0 Å². The van der Waals surface area contributed by atoms with Crippen molar-refractivity contribution in [3.63, 3.8) is 0 Å². The van der Waals surface area contributed by atoms with E-state index in [9.17, 15) is 0 Å². The summed E-state index contributed by atoms with van der Waals surface area (Å²) in [4.78, 5) is 0. The summed E-state index contributed by atoms with van der Waals surface area (Å²) in [5, 5.41) is 0. The SMILES string of the molecule is CC.CC1CCC2CC3CC(C)CC(C)C3CC2C1. The second-order valence-corrected chi connectivity index (χ2v) is 7.89. The van der Waals surface area contributed by atoms with Crippen molar-refractivity contribution in [2.75, 3.05) is 0 Å². The molecule has 0 radical (unpaired) electrons. The molecule has 3 aliphatic rings. The highest BCUT2D eigenvalue weighted by atomic mass is 14.5. The summed E-state index contributed by atoms with van der Waals surface area (Å²) in [6.45, 7) is 11.5. The monoisotopic (exact) mass is 264 g/mol. The van der Waals surface area contributed by atoms with E-state index in [0.717, 1.165) is 41.4 Å². The summed E-state index contributed by atoms with van der Waals surface area (Å²) in [6.07, 6.45) is 10.9. The van der Waals surface area contributed by atoms with Crippen LogP contribution in [0.3, 0.4) is 0 Å². The predicted octanol–water partition coefficient (Wildman–Crippen LogP) is 6.16. The van der Waals surface area contributed by atoms with Gasteiger partial charge in [-0.05, 0) is 80.0 Å².